The van der Waals surface area contributed by atoms with Crippen LogP contribution in [0.15, 0.2) is 0 Å². The van der Waals surface area contributed by atoms with Crippen LogP contribution >= 0.6 is 0 Å². The zero-order valence-electron chi connectivity index (χ0n) is 26.1. The summed E-state index contributed by atoms with van der Waals surface area (Å²) in [6.45, 7) is 18.4. The summed E-state index contributed by atoms with van der Waals surface area (Å²) in [5.74, 6) is 1.92. The topological polar surface area (TPSA) is 82.1 Å². The molecule has 0 aromatic heterocycles. The van der Waals surface area contributed by atoms with Crippen molar-refractivity contribution in [3.8, 4) is 11.5 Å². The van der Waals surface area contributed by atoms with E-state index in [0.29, 0.717) is 12.3 Å². The van der Waals surface area contributed by atoms with Crippen LogP contribution in [0.2, 0.25) is 0 Å². The molecule has 2 rings (SSSR count). The van der Waals surface area contributed by atoms with Gasteiger partial charge in [0.2, 0.25) is 0 Å². The predicted molar refractivity (Wildman–Crippen MR) is 156 cm³/mol. The van der Waals surface area contributed by atoms with Crippen molar-refractivity contribution in [3.63, 3.8) is 0 Å². The van der Waals surface area contributed by atoms with E-state index in [9.17, 15) is 14.7 Å². The summed E-state index contributed by atoms with van der Waals surface area (Å²) >= 11 is 0. The number of fused-ring (bicyclic) bond motifs is 1. The standard InChI is InChI=1S/C33H54O6/c1-21(2)13-10-14-22(3)15-11-16-23(4)17-12-18-33(9)28(20-30(35)39-38-27(8)34)19-29-26(7)31(36)24(5)25(6)32(29)37-33/h21-23,28,36H,10-20H2,1-9H3/t22-,23+,28?,33-/m0/s1. The van der Waals surface area contributed by atoms with Crippen LogP contribution in [0.25, 0.3) is 0 Å². The van der Waals surface area contributed by atoms with Crippen LogP contribution in [0.5, 0.6) is 11.5 Å². The number of hydrogen-bond donors (Lipinski definition) is 1. The van der Waals surface area contributed by atoms with Gasteiger partial charge in [0.15, 0.2) is 0 Å². The molecule has 0 saturated carbocycles. The molecule has 0 saturated heterocycles. The minimum absolute atomic E-state index is 0.0700. The van der Waals surface area contributed by atoms with Gasteiger partial charge in [-0.25, -0.2) is 19.4 Å². The van der Waals surface area contributed by atoms with Crippen molar-refractivity contribution in [2.75, 3.05) is 0 Å². The molecule has 1 unspecified atom stereocenters. The smallest absolute Gasteiger partial charge is 0.356 e. The normalized spacial score (nSPS) is 20.2. The molecule has 1 aliphatic rings. The van der Waals surface area contributed by atoms with E-state index >= 15 is 0 Å². The Labute approximate surface area is 237 Å². The van der Waals surface area contributed by atoms with E-state index in [1.807, 2.05) is 20.8 Å². The van der Waals surface area contributed by atoms with E-state index in [1.54, 1.807) is 0 Å². The van der Waals surface area contributed by atoms with Crippen molar-refractivity contribution in [2.45, 2.75) is 139 Å². The van der Waals surface area contributed by atoms with E-state index in [0.717, 1.165) is 59.1 Å². The number of ether oxygens (including phenoxy) is 1. The lowest BCUT2D eigenvalue weighted by Crippen LogP contribution is -2.46. The molecule has 1 N–H and O–H groups in total. The summed E-state index contributed by atoms with van der Waals surface area (Å²) < 4.78 is 6.73. The van der Waals surface area contributed by atoms with Gasteiger partial charge in [-0.05, 0) is 81.4 Å². The van der Waals surface area contributed by atoms with Gasteiger partial charge in [-0.15, -0.1) is 0 Å². The lowest BCUT2D eigenvalue weighted by Gasteiger charge is -2.44. The van der Waals surface area contributed by atoms with Gasteiger partial charge >= 0.3 is 11.9 Å². The maximum absolute atomic E-state index is 12.5. The average molecular weight is 547 g/mol. The molecule has 39 heavy (non-hydrogen) atoms. The number of benzene rings is 1. The van der Waals surface area contributed by atoms with E-state index in [-0.39, 0.29) is 18.1 Å². The zero-order valence-corrected chi connectivity index (χ0v) is 26.1. The van der Waals surface area contributed by atoms with Crippen molar-refractivity contribution < 1.29 is 29.2 Å². The maximum atomic E-state index is 12.5. The van der Waals surface area contributed by atoms with Crippen molar-refractivity contribution in [1.82, 2.24) is 0 Å². The fourth-order valence-electron chi connectivity index (χ4n) is 5.99. The summed E-state index contributed by atoms with van der Waals surface area (Å²) in [6, 6.07) is 0. The molecule has 6 heteroatoms. The fraction of sp³-hybridized carbons (Fsp3) is 0.758. The number of hydrogen-bond acceptors (Lipinski definition) is 6. The summed E-state index contributed by atoms with van der Waals surface area (Å²) in [5, 5.41) is 10.7. The Balaban J connectivity index is 2.02. The number of carbonyl (C=O) groups is 2. The molecule has 0 bridgehead atoms. The first-order chi connectivity index (χ1) is 18.2. The van der Waals surface area contributed by atoms with Crippen molar-refractivity contribution >= 4 is 11.9 Å². The van der Waals surface area contributed by atoms with Gasteiger partial charge in [0.1, 0.15) is 17.1 Å². The van der Waals surface area contributed by atoms with Gasteiger partial charge in [0.25, 0.3) is 0 Å². The fourth-order valence-corrected chi connectivity index (χ4v) is 5.99. The molecule has 0 amide bonds. The predicted octanol–water partition coefficient (Wildman–Crippen LogP) is 8.48. The molecule has 6 nitrogen and oxygen atoms in total. The van der Waals surface area contributed by atoms with Crippen molar-refractivity contribution in [3.05, 3.63) is 22.3 Å². The lowest BCUT2D eigenvalue weighted by atomic mass is 9.74. The summed E-state index contributed by atoms with van der Waals surface area (Å²) in [5.41, 5.74) is 2.92. The number of rotatable bonds is 14. The highest BCUT2D eigenvalue weighted by atomic mass is 17.2. The third-order valence-electron chi connectivity index (χ3n) is 8.90. The Morgan fingerprint density at radius 1 is 0.897 bits per heavy atom. The highest BCUT2D eigenvalue weighted by Gasteiger charge is 2.43. The van der Waals surface area contributed by atoms with Crippen LogP contribution in [-0.2, 0) is 25.8 Å². The third kappa shape index (κ3) is 9.72. The van der Waals surface area contributed by atoms with Gasteiger partial charge in [-0.2, -0.15) is 0 Å². The van der Waals surface area contributed by atoms with Gasteiger partial charge in [0, 0.05) is 18.4 Å². The molecule has 0 fully saturated rings. The molecule has 1 aromatic carbocycles. The molecule has 1 aliphatic heterocycles. The van der Waals surface area contributed by atoms with Crippen LogP contribution < -0.4 is 4.74 Å². The van der Waals surface area contributed by atoms with E-state index in [2.05, 4.69) is 39.5 Å². The zero-order chi connectivity index (χ0) is 29.3. The Bertz CT molecular complexity index is 968. The summed E-state index contributed by atoms with van der Waals surface area (Å²) in [7, 11) is 0. The molecule has 0 radical (unpaired) electrons. The Morgan fingerprint density at radius 2 is 1.46 bits per heavy atom. The van der Waals surface area contributed by atoms with Crippen LogP contribution in [0.4, 0.5) is 0 Å². The second-order valence-corrected chi connectivity index (χ2v) is 12.9. The van der Waals surface area contributed by atoms with Gasteiger partial charge < -0.3 is 9.84 Å². The quantitative estimate of drug-likeness (QED) is 0.186. The first-order valence-corrected chi connectivity index (χ1v) is 15.1. The molecule has 0 spiro atoms. The van der Waals surface area contributed by atoms with E-state index in [1.165, 1.54) is 45.4 Å². The van der Waals surface area contributed by atoms with Crippen molar-refractivity contribution in [2.24, 2.45) is 23.7 Å². The second kappa shape index (κ2) is 14.9. The Morgan fingerprint density at radius 3 is 2.03 bits per heavy atom. The van der Waals surface area contributed by atoms with Gasteiger partial charge in [0.05, 0.1) is 6.42 Å². The molecule has 1 heterocycles. The SMILES string of the molecule is CC(=O)OOC(=O)CC1Cc2c(C)c(O)c(C)c(C)c2O[C@@]1(C)CCC[C@H](C)CCC[C@@H](C)CCCC(C)C. The minimum Gasteiger partial charge on any atom is -0.507 e. The molecule has 0 aliphatic carbocycles. The molecule has 222 valence electrons. The third-order valence-corrected chi connectivity index (χ3v) is 8.90. The minimum atomic E-state index is -0.665. The summed E-state index contributed by atoms with van der Waals surface area (Å²) in [6.07, 6.45) is 11.4. The number of phenolic OH excluding ortho intramolecular Hbond substituents is 1. The lowest BCUT2D eigenvalue weighted by molar-refractivity contribution is -0.258. The van der Waals surface area contributed by atoms with Crippen LogP contribution in [0.1, 0.15) is 128 Å². The van der Waals surface area contributed by atoms with Crippen molar-refractivity contribution in [1.29, 1.82) is 0 Å². The average Bonchev–Trinajstić information content (AvgIpc) is 2.85. The first kappa shape index (κ1) is 33.0. The molecular formula is C33H54O6. The first-order valence-electron chi connectivity index (χ1n) is 15.1. The number of phenols is 1. The van der Waals surface area contributed by atoms with Gasteiger partial charge in [-0.1, -0.05) is 72.6 Å². The second-order valence-electron chi connectivity index (χ2n) is 12.9. The molecule has 4 atom stereocenters. The van der Waals surface area contributed by atoms with Crippen LogP contribution in [0, 0.1) is 44.4 Å². The molecular weight excluding hydrogens is 492 g/mol. The van der Waals surface area contributed by atoms with E-state index < -0.39 is 17.5 Å². The largest absolute Gasteiger partial charge is 0.507 e. The van der Waals surface area contributed by atoms with Crippen LogP contribution in [-0.4, -0.2) is 22.6 Å². The summed E-state index contributed by atoms with van der Waals surface area (Å²) in [4.78, 5) is 32.9. The highest BCUT2D eigenvalue weighted by molar-refractivity contribution is 5.72. The Kier molecular flexibility index (Phi) is 12.6. The number of aromatic hydroxyl groups is 1. The highest BCUT2D eigenvalue weighted by Crippen LogP contribution is 2.47. The van der Waals surface area contributed by atoms with Crippen LogP contribution in [0.3, 0.4) is 0 Å². The Hall–Kier alpha value is -2.24. The number of carbonyl (C=O) groups excluding carboxylic acids is 2. The van der Waals surface area contributed by atoms with E-state index in [4.69, 9.17) is 9.62 Å². The molecule has 1 aromatic rings. The maximum Gasteiger partial charge on any atom is 0.356 e. The van der Waals surface area contributed by atoms with Gasteiger partial charge in [-0.3, -0.25) is 0 Å². The monoisotopic (exact) mass is 546 g/mol.